The number of hydrogen-bond donors (Lipinski definition) is 1. The van der Waals surface area contributed by atoms with Gasteiger partial charge in [-0.15, -0.1) is 0 Å². The van der Waals surface area contributed by atoms with E-state index in [-0.39, 0.29) is 25.1 Å². The SMILES string of the molecule is [2H]C[C@@]12O[C@@H](n3cc(C)c(=O)[nH]c3=O)[C@@H]([C@@H]1OP(OCCC#N)N(C(C)C)C(C)C)N(C)C2=O. The number of hydrogen-bond acceptors (Lipinski definition) is 8. The number of aromatic nitrogens is 2. The molecule has 5 atom stereocenters. The number of morpholine rings is 1. The Morgan fingerprint density at radius 2 is 2.03 bits per heavy atom. The summed E-state index contributed by atoms with van der Waals surface area (Å²) in [5.74, 6) is -0.407. The van der Waals surface area contributed by atoms with Crippen LogP contribution in [0.25, 0.3) is 0 Å². The molecule has 33 heavy (non-hydrogen) atoms. The van der Waals surface area contributed by atoms with Crippen LogP contribution >= 0.6 is 8.53 Å². The van der Waals surface area contributed by atoms with Crippen molar-refractivity contribution < 1.29 is 19.9 Å². The van der Waals surface area contributed by atoms with Gasteiger partial charge in [-0.05, 0) is 41.5 Å². The molecule has 11 nitrogen and oxygen atoms in total. The first-order valence-corrected chi connectivity index (χ1v) is 11.9. The molecule has 0 spiro atoms. The molecule has 1 aromatic heterocycles. The van der Waals surface area contributed by atoms with Crippen LogP contribution in [0.3, 0.4) is 0 Å². The molecule has 1 aromatic rings. The van der Waals surface area contributed by atoms with Crippen LogP contribution in [0.2, 0.25) is 0 Å². The Labute approximate surface area is 195 Å². The number of carbonyl (C=O) groups is 1. The van der Waals surface area contributed by atoms with E-state index in [1.54, 1.807) is 14.0 Å². The fraction of sp³-hybridized carbons (Fsp3) is 0.714. The second-order valence-electron chi connectivity index (χ2n) is 8.86. The second-order valence-corrected chi connectivity index (χ2v) is 10.3. The van der Waals surface area contributed by atoms with Crippen LogP contribution in [-0.2, 0) is 18.6 Å². The molecule has 182 valence electrons. The normalized spacial score (nSPS) is 28.1. The zero-order valence-corrected chi connectivity index (χ0v) is 20.7. The van der Waals surface area contributed by atoms with Gasteiger partial charge in [-0.2, -0.15) is 5.26 Å². The molecule has 1 amide bonds. The van der Waals surface area contributed by atoms with Gasteiger partial charge in [0.25, 0.3) is 20.0 Å². The van der Waals surface area contributed by atoms with Crippen molar-refractivity contribution in [2.45, 2.75) is 84.0 Å². The van der Waals surface area contributed by atoms with E-state index >= 15 is 0 Å². The van der Waals surface area contributed by atoms with Crippen LogP contribution in [-0.4, -0.2) is 68.5 Å². The zero-order valence-electron chi connectivity index (χ0n) is 20.8. The molecule has 0 radical (unpaired) electrons. The van der Waals surface area contributed by atoms with Crippen molar-refractivity contribution in [1.29, 1.82) is 5.26 Å². The van der Waals surface area contributed by atoms with Gasteiger partial charge in [0.15, 0.2) is 11.8 Å². The molecule has 0 aromatic carbocycles. The number of aryl methyl sites for hydroxylation is 1. The number of carbonyl (C=O) groups excluding carboxylic acids is 1. The topological polar surface area (TPSA) is 130 Å². The molecule has 2 aliphatic rings. The monoisotopic (exact) mass is 482 g/mol. The Morgan fingerprint density at radius 3 is 2.61 bits per heavy atom. The van der Waals surface area contributed by atoms with Crippen LogP contribution in [0, 0.1) is 18.3 Å². The third kappa shape index (κ3) is 4.51. The van der Waals surface area contributed by atoms with Crippen molar-refractivity contribution in [2.75, 3.05) is 13.7 Å². The lowest BCUT2D eigenvalue weighted by Gasteiger charge is -2.37. The maximum absolute atomic E-state index is 13.2. The minimum absolute atomic E-state index is 0.0359. The van der Waals surface area contributed by atoms with Gasteiger partial charge in [-0.3, -0.25) is 19.1 Å². The van der Waals surface area contributed by atoms with E-state index in [2.05, 4.69) is 4.98 Å². The van der Waals surface area contributed by atoms with Crippen LogP contribution in [0.5, 0.6) is 0 Å². The summed E-state index contributed by atoms with van der Waals surface area (Å²) in [6.07, 6.45) is -0.294. The number of nitrogens with one attached hydrogen (secondary N) is 1. The van der Waals surface area contributed by atoms with E-state index in [1.165, 1.54) is 15.7 Å². The lowest BCUT2D eigenvalue weighted by molar-refractivity contribution is -0.171. The summed E-state index contributed by atoms with van der Waals surface area (Å²) in [6, 6.07) is 1.39. The first-order chi connectivity index (χ1) is 16.0. The first-order valence-electron chi connectivity index (χ1n) is 11.5. The van der Waals surface area contributed by atoms with Crippen LogP contribution in [0.15, 0.2) is 15.8 Å². The van der Waals surface area contributed by atoms with E-state index in [0.717, 1.165) is 0 Å². The molecule has 0 aliphatic carbocycles. The highest BCUT2D eigenvalue weighted by atomic mass is 31.2. The largest absolute Gasteiger partial charge is 0.337 e. The highest BCUT2D eigenvalue weighted by Crippen LogP contribution is 2.55. The van der Waals surface area contributed by atoms with Crippen molar-refractivity contribution >= 4 is 14.4 Å². The van der Waals surface area contributed by atoms with Crippen molar-refractivity contribution in [3.63, 3.8) is 0 Å². The number of fused-ring (bicyclic) bond motifs is 2. The number of ether oxygens (including phenoxy) is 1. The molecule has 2 bridgehead atoms. The summed E-state index contributed by atoms with van der Waals surface area (Å²) in [5, 5.41) is 8.96. The van der Waals surface area contributed by atoms with Gasteiger partial charge < -0.3 is 18.7 Å². The summed E-state index contributed by atoms with van der Waals surface area (Å²) < 4.78 is 30.0. The highest BCUT2D eigenvalue weighted by Gasteiger charge is 2.68. The maximum atomic E-state index is 13.2. The van der Waals surface area contributed by atoms with Gasteiger partial charge in [0.1, 0.15) is 12.1 Å². The second kappa shape index (κ2) is 9.65. The van der Waals surface area contributed by atoms with Crippen molar-refractivity contribution in [3.05, 3.63) is 32.6 Å². The molecular formula is C21H32N5O6P. The molecule has 2 fully saturated rings. The van der Waals surface area contributed by atoms with E-state index in [9.17, 15) is 14.4 Å². The summed E-state index contributed by atoms with van der Waals surface area (Å²) in [6.45, 7) is 9.27. The Balaban J connectivity index is 2.04. The van der Waals surface area contributed by atoms with Crippen molar-refractivity contribution in [3.8, 4) is 6.07 Å². The Bertz CT molecular complexity index is 1060. The number of nitriles is 1. The molecule has 3 heterocycles. The fourth-order valence-corrected chi connectivity index (χ4v) is 6.11. The van der Waals surface area contributed by atoms with E-state index in [0.29, 0.717) is 5.56 Å². The Kier molecular flexibility index (Phi) is 7.03. The predicted octanol–water partition coefficient (Wildman–Crippen LogP) is 1.63. The number of aromatic amines is 1. The molecule has 1 unspecified atom stereocenters. The average Bonchev–Trinajstić information content (AvgIpc) is 3.18. The number of H-pyrrole nitrogens is 1. The summed E-state index contributed by atoms with van der Waals surface area (Å²) >= 11 is 0. The molecule has 2 aliphatic heterocycles. The summed E-state index contributed by atoms with van der Waals surface area (Å²) in [5.41, 5.74) is -2.50. The number of rotatable bonds is 9. The molecule has 2 saturated heterocycles. The quantitative estimate of drug-likeness (QED) is 0.415. The minimum Gasteiger partial charge on any atom is -0.337 e. The first kappa shape index (κ1) is 24.0. The van der Waals surface area contributed by atoms with Gasteiger partial charge in [-0.25, -0.2) is 9.46 Å². The third-order valence-corrected chi connectivity index (χ3v) is 7.92. The lowest BCUT2D eigenvalue weighted by Crippen LogP contribution is -2.49. The predicted molar refractivity (Wildman–Crippen MR) is 121 cm³/mol. The van der Waals surface area contributed by atoms with Crippen molar-refractivity contribution in [2.24, 2.45) is 0 Å². The van der Waals surface area contributed by atoms with Gasteiger partial charge in [0.2, 0.25) is 0 Å². The third-order valence-electron chi connectivity index (χ3n) is 5.81. The van der Waals surface area contributed by atoms with Crippen LogP contribution in [0.1, 0.15) is 54.2 Å². The van der Waals surface area contributed by atoms with Gasteiger partial charge >= 0.3 is 5.69 Å². The van der Waals surface area contributed by atoms with Crippen molar-refractivity contribution in [1.82, 2.24) is 19.1 Å². The molecular weight excluding hydrogens is 449 g/mol. The molecule has 12 heteroatoms. The number of likely N-dealkylation sites (tertiary alicyclic amines) is 1. The standard InChI is InChI=1S/C21H32N5O6P/c1-12(2)26(13(3)4)33(30-10-8-9-22)32-16-15-18(31-21(16,6)19(28)24(15)7)25-11-14(5)17(27)23-20(25)29/h11-13,15-16,18H,8,10H2,1-7H3,(H,23,27,29)/t15-,16+,18-,21-,33?/m1/s1/i6D. The molecule has 1 N–H and O–H groups in total. The van der Waals surface area contributed by atoms with E-state index < -0.39 is 56.6 Å². The maximum Gasteiger partial charge on any atom is 0.330 e. The van der Waals surface area contributed by atoms with E-state index in [1.807, 2.05) is 38.4 Å². The molecule has 0 saturated carbocycles. The van der Waals surface area contributed by atoms with Gasteiger partial charge in [0, 0.05) is 32.3 Å². The summed E-state index contributed by atoms with van der Waals surface area (Å²) in [4.78, 5) is 41.3. The summed E-state index contributed by atoms with van der Waals surface area (Å²) in [7, 11) is -0.142. The number of amides is 1. The Hall–Kier alpha value is -2.09. The Morgan fingerprint density at radius 1 is 1.36 bits per heavy atom. The average molecular weight is 482 g/mol. The highest BCUT2D eigenvalue weighted by molar-refractivity contribution is 7.44. The van der Waals surface area contributed by atoms with Crippen LogP contribution in [0.4, 0.5) is 0 Å². The zero-order chi connectivity index (χ0) is 25.4. The lowest BCUT2D eigenvalue weighted by atomic mass is 10.0. The van der Waals surface area contributed by atoms with Crippen LogP contribution < -0.4 is 11.2 Å². The van der Waals surface area contributed by atoms with Gasteiger partial charge in [0.05, 0.1) is 19.1 Å². The minimum atomic E-state index is -1.73. The number of likely N-dealkylation sites (N-methyl/N-ethyl adjacent to an activating group) is 1. The van der Waals surface area contributed by atoms with E-state index in [4.69, 9.17) is 20.4 Å². The molecule has 3 rings (SSSR count). The van der Waals surface area contributed by atoms with Gasteiger partial charge in [-0.1, -0.05) is 0 Å². The number of nitrogens with zero attached hydrogens (tertiary/aromatic N) is 4. The smallest absolute Gasteiger partial charge is 0.330 e. The fourth-order valence-electron chi connectivity index (χ4n) is 4.31.